The molecular weight excluding hydrogens is 332 g/mol. The lowest BCUT2D eigenvalue weighted by atomic mass is 10.0. The van der Waals surface area contributed by atoms with E-state index in [1.807, 2.05) is 44.2 Å². The Morgan fingerprint density at radius 2 is 2.08 bits per heavy atom. The number of hydrogen-bond acceptors (Lipinski definition) is 4. The van der Waals surface area contributed by atoms with Crippen molar-refractivity contribution in [1.29, 1.82) is 0 Å². The van der Waals surface area contributed by atoms with E-state index >= 15 is 0 Å². The maximum atomic E-state index is 12.9. The van der Waals surface area contributed by atoms with Crippen molar-refractivity contribution in [1.82, 2.24) is 9.88 Å². The van der Waals surface area contributed by atoms with Gasteiger partial charge in [0.05, 0.1) is 17.7 Å². The number of morpholine rings is 1. The first-order chi connectivity index (χ1) is 12.3. The van der Waals surface area contributed by atoms with E-state index in [0.29, 0.717) is 30.8 Å². The molecule has 0 radical (unpaired) electrons. The predicted molar refractivity (Wildman–Crippen MR) is 98.6 cm³/mol. The van der Waals surface area contributed by atoms with Crippen LogP contribution in [0.25, 0.3) is 0 Å². The number of rotatable bonds is 4. The van der Waals surface area contributed by atoms with Gasteiger partial charge in [-0.2, -0.15) is 0 Å². The Hall–Kier alpha value is -2.60. The minimum Gasteiger partial charge on any atom is -0.491 e. The summed E-state index contributed by atoms with van der Waals surface area (Å²) in [6, 6.07) is 11.0. The fourth-order valence-corrected chi connectivity index (χ4v) is 3.22. The van der Waals surface area contributed by atoms with Crippen LogP contribution in [0.1, 0.15) is 29.8 Å². The van der Waals surface area contributed by atoms with Crippen molar-refractivity contribution in [2.75, 3.05) is 19.7 Å². The molecule has 1 aliphatic heterocycles. The molecule has 1 saturated heterocycles. The van der Waals surface area contributed by atoms with Gasteiger partial charge in [-0.1, -0.05) is 18.2 Å². The van der Waals surface area contributed by atoms with Crippen molar-refractivity contribution in [2.24, 2.45) is 0 Å². The van der Waals surface area contributed by atoms with Gasteiger partial charge < -0.3 is 19.4 Å². The fraction of sp³-hybridized carbons (Fsp3) is 0.400. The van der Waals surface area contributed by atoms with Crippen molar-refractivity contribution in [3.05, 3.63) is 64.1 Å². The second kappa shape index (κ2) is 7.33. The molecule has 1 aromatic carbocycles. The number of aryl methyl sites for hydroxylation is 1. The third kappa shape index (κ3) is 4.32. The number of carbonyl (C=O) groups is 1. The Balaban J connectivity index is 1.72. The summed E-state index contributed by atoms with van der Waals surface area (Å²) in [7, 11) is 0. The zero-order chi connectivity index (χ0) is 18.7. The summed E-state index contributed by atoms with van der Waals surface area (Å²) in [5.41, 5.74) is 0.481. The number of pyridine rings is 1. The topological polar surface area (TPSA) is 71.6 Å². The van der Waals surface area contributed by atoms with Gasteiger partial charge in [0.15, 0.2) is 0 Å². The van der Waals surface area contributed by atoms with Crippen LogP contribution in [0.3, 0.4) is 0 Å². The first-order valence-corrected chi connectivity index (χ1v) is 8.68. The van der Waals surface area contributed by atoms with Crippen molar-refractivity contribution in [3.63, 3.8) is 0 Å². The van der Waals surface area contributed by atoms with E-state index in [-0.39, 0.29) is 17.6 Å². The molecule has 2 aromatic rings. The summed E-state index contributed by atoms with van der Waals surface area (Å²) in [5.74, 6) is 0.661. The number of nitrogens with zero attached hydrogens (tertiary/aromatic N) is 1. The van der Waals surface area contributed by atoms with Gasteiger partial charge in [-0.25, -0.2) is 0 Å². The van der Waals surface area contributed by atoms with Crippen LogP contribution in [-0.2, 0) is 4.74 Å². The number of nitrogens with one attached hydrogen (secondary N) is 1. The maximum absolute atomic E-state index is 12.9. The fourth-order valence-electron chi connectivity index (χ4n) is 3.22. The number of carbonyl (C=O) groups excluding carboxylic acids is 1. The molecule has 0 aliphatic carbocycles. The predicted octanol–water partition coefficient (Wildman–Crippen LogP) is 2.38. The van der Waals surface area contributed by atoms with Gasteiger partial charge in [-0.3, -0.25) is 9.59 Å². The zero-order valence-electron chi connectivity index (χ0n) is 15.3. The van der Waals surface area contributed by atoms with Gasteiger partial charge in [-0.05, 0) is 38.5 Å². The molecule has 1 aromatic heterocycles. The average Bonchev–Trinajstić information content (AvgIpc) is 2.59. The molecular formula is C20H24N2O4. The van der Waals surface area contributed by atoms with Gasteiger partial charge in [-0.15, -0.1) is 0 Å². The van der Waals surface area contributed by atoms with E-state index in [4.69, 9.17) is 9.47 Å². The number of aromatic nitrogens is 1. The van der Waals surface area contributed by atoms with E-state index in [1.165, 1.54) is 12.3 Å². The van der Waals surface area contributed by atoms with Crippen LogP contribution in [-0.4, -0.2) is 47.2 Å². The largest absolute Gasteiger partial charge is 0.491 e. The summed E-state index contributed by atoms with van der Waals surface area (Å²) < 4.78 is 11.9. The lowest BCUT2D eigenvalue weighted by Crippen LogP contribution is -2.56. The highest BCUT2D eigenvalue weighted by molar-refractivity contribution is 5.95. The van der Waals surface area contributed by atoms with Crippen molar-refractivity contribution in [3.8, 4) is 5.75 Å². The molecule has 1 fully saturated rings. The van der Waals surface area contributed by atoms with Gasteiger partial charge in [0, 0.05) is 18.8 Å². The molecule has 138 valence electrons. The molecule has 1 atom stereocenters. The standard InChI is InChI=1S/C20H24N2O4/c1-14-9-18(23)21-10-17(14)19(24)22-11-16(26-20(2,3)13-22)12-25-15-7-5-4-6-8-15/h4-10,16H,11-13H2,1-3H3,(H,21,23)/t16-/m0/s1. The SMILES string of the molecule is Cc1cc(=O)[nH]cc1C(=O)N1C[C@@H](COc2ccccc2)OC(C)(C)C1. The molecule has 0 bridgehead atoms. The van der Waals surface area contributed by atoms with Crippen LogP contribution < -0.4 is 10.3 Å². The minimum absolute atomic E-state index is 0.111. The molecule has 3 rings (SSSR count). The molecule has 2 heterocycles. The van der Waals surface area contributed by atoms with E-state index in [0.717, 1.165) is 5.75 Å². The quantitative estimate of drug-likeness (QED) is 0.913. The first-order valence-electron chi connectivity index (χ1n) is 8.68. The van der Waals surface area contributed by atoms with Crippen molar-refractivity contribution >= 4 is 5.91 Å². The lowest BCUT2D eigenvalue weighted by molar-refractivity contribution is -0.136. The zero-order valence-corrected chi connectivity index (χ0v) is 15.3. The number of H-pyrrole nitrogens is 1. The van der Waals surface area contributed by atoms with Gasteiger partial charge in [0.2, 0.25) is 5.56 Å². The molecule has 26 heavy (non-hydrogen) atoms. The van der Waals surface area contributed by atoms with Crippen molar-refractivity contribution < 1.29 is 14.3 Å². The van der Waals surface area contributed by atoms with Crippen LogP contribution >= 0.6 is 0 Å². The molecule has 6 heteroatoms. The highest BCUT2D eigenvalue weighted by Crippen LogP contribution is 2.24. The Morgan fingerprint density at radius 1 is 1.35 bits per heavy atom. The number of aromatic amines is 1. The third-order valence-corrected chi connectivity index (χ3v) is 4.31. The smallest absolute Gasteiger partial charge is 0.255 e. The Labute approximate surface area is 152 Å². The lowest BCUT2D eigenvalue weighted by Gasteiger charge is -2.42. The van der Waals surface area contributed by atoms with Crippen molar-refractivity contribution in [2.45, 2.75) is 32.5 Å². The van der Waals surface area contributed by atoms with E-state index < -0.39 is 5.60 Å². The molecule has 1 amide bonds. The summed E-state index contributed by atoms with van der Waals surface area (Å²) in [5, 5.41) is 0. The average molecular weight is 356 g/mol. The molecule has 0 saturated carbocycles. The maximum Gasteiger partial charge on any atom is 0.255 e. The number of benzene rings is 1. The van der Waals surface area contributed by atoms with Crippen LogP contribution in [0.4, 0.5) is 0 Å². The van der Waals surface area contributed by atoms with E-state index in [2.05, 4.69) is 4.98 Å². The molecule has 0 spiro atoms. The van der Waals surface area contributed by atoms with Crippen LogP contribution in [0.2, 0.25) is 0 Å². The van der Waals surface area contributed by atoms with Crippen LogP contribution in [0.15, 0.2) is 47.4 Å². The second-order valence-electron chi connectivity index (χ2n) is 7.20. The monoisotopic (exact) mass is 356 g/mol. The van der Waals surface area contributed by atoms with Gasteiger partial charge in [0.1, 0.15) is 18.5 Å². The summed E-state index contributed by atoms with van der Waals surface area (Å²) in [6.07, 6.45) is 1.25. The van der Waals surface area contributed by atoms with Gasteiger partial charge in [0.25, 0.3) is 5.91 Å². The summed E-state index contributed by atoms with van der Waals surface area (Å²) in [6.45, 7) is 6.97. The van der Waals surface area contributed by atoms with Crippen LogP contribution in [0, 0.1) is 6.92 Å². The molecule has 6 nitrogen and oxygen atoms in total. The Bertz CT molecular complexity index is 829. The number of para-hydroxylation sites is 1. The highest BCUT2D eigenvalue weighted by Gasteiger charge is 2.36. The summed E-state index contributed by atoms with van der Waals surface area (Å²) in [4.78, 5) is 28.7. The van der Waals surface area contributed by atoms with Crippen LogP contribution in [0.5, 0.6) is 5.75 Å². The number of amides is 1. The first kappa shape index (κ1) is 18.2. The number of hydrogen-bond donors (Lipinski definition) is 1. The second-order valence-corrected chi connectivity index (χ2v) is 7.20. The van der Waals surface area contributed by atoms with Gasteiger partial charge >= 0.3 is 0 Å². The Morgan fingerprint density at radius 3 is 2.77 bits per heavy atom. The van der Waals surface area contributed by atoms with E-state index in [9.17, 15) is 9.59 Å². The number of ether oxygens (including phenoxy) is 2. The minimum atomic E-state index is -0.477. The Kier molecular flexibility index (Phi) is 5.13. The third-order valence-electron chi connectivity index (χ3n) is 4.31. The highest BCUT2D eigenvalue weighted by atomic mass is 16.5. The molecule has 1 N–H and O–H groups in total. The normalized spacial score (nSPS) is 19.2. The van der Waals surface area contributed by atoms with E-state index in [1.54, 1.807) is 11.8 Å². The summed E-state index contributed by atoms with van der Waals surface area (Å²) >= 11 is 0. The molecule has 1 aliphatic rings. The molecule has 0 unspecified atom stereocenters.